The average Bonchev–Trinajstić information content (AvgIpc) is 2.64. The molecule has 0 radical (unpaired) electrons. The number of carboxylic acid groups (broad SMARTS) is 1. The Morgan fingerprint density at radius 2 is 2.30 bits per heavy atom. The molecule has 10 heavy (non-hydrogen) atoms. The molecule has 0 atom stereocenters. The van der Waals surface area contributed by atoms with Gasteiger partial charge in [0.2, 0.25) is 0 Å². The van der Waals surface area contributed by atoms with Crippen molar-refractivity contribution in [2.24, 2.45) is 0 Å². The molecule has 1 aliphatic rings. The zero-order chi connectivity index (χ0) is 7.61. The summed E-state index contributed by atoms with van der Waals surface area (Å²) < 4.78 is 0. The van der Waals surface area contributed by atoms with E-state index in [4.69, 9.17) is 5.11 Å². The minimum atomic E-state index is -0.852. The maximum atomic E-state index is 10.4. The molecule has 0 bridgehead atoms. The third-order valence-corrected chi connectivity index (χ3v) is 1.68. The van der Waals surface area contributed by atoms with Gasteiger partial charge in [-0.2, -0.15) is 0 Å². The summed E-state index contributed by atoms with van der Waals surface area (Å²) in [5.41, 5.74) is -0.763. The van der Waals surface area contributed by atoms with Crippen molar-refractivity contribution >= 4 is 12.3 Å². The number of aldehydes is 1. The standard InChI is InChI=1S/C6H9NO3/c8-4-3-7-6(1-2-6)5(9)10/h4,7H,1-3H2,(H,9,10). The fourth-order valence-electron chi connectivity index (χ4n) is 0.828. The van der Waals surface area contributed by atoms with E-state index < -0.39 is 11.5 Å². The van der Waals surface area contributed by atoms with Crippen LogP contribution < -0.4 is 5.32 Å². The molecule has 0 aromatic heterocycles. The van der Waals surface area contributed by atoms with Crippen LogP contribution in [0.4, 0.5) is 0 Å². The summed E-state index contributed by atoms with van der Waals surface area (Å²) in [6.07, 6.45) is 1.94. The van der Waals surface area contributed by atoms with Gasteiger partial charge in [-0.15, -0.1) is 0 Å². The Kier molecular flexibility index (Phi) is 1.72. The SMILES string of the molecule is O=CCNC1(C(=O)O)CC1. The zero-order valence-corrected chi connectivity index (χ0v) is 5.46. The van der Waals surface area contributed by atoms with Crippen LogP contribution in [0.25, 0.3) is 0 Å². The lowest BCUT2D eigenvalue weighted by Crippen LogP contribution is -2.39. The van der Waals surface area contributed by atoms with Crippen LogP contribution in [0.1, 0.15) is 12.8 Å². The Labute approximate surface area is 58.2 Å². The highest BCUT2D eigenvalue weighted by Crippen LogP contribution is 2.34. The second-order valence-electron chi connectivity index (χ2n) is 2.43. The smallest absolute Gasteiger partial charge is 0.323 e. The quantitative estimate of drug-likeness (QED) is 0.515. The molecular weight excluding hydrogens is 134 g/mol. The fourth-order valence-corrected chi connectivity index (χ4v) is 0.828. The van der Waals surface area contributed by atoms with Crippen LogP contribution in [0.3, 0.4) is 0 Å². The minimum Gasteiger partial charge on any atom is -0.480 e. The lowest BCUT2D eigenvalue weighted by Gasteiger charge is -2.07. The van der Waals surface area contributed by atoms with E-state index in [1.165, 1.54) is 0 Å². The molecule has 1 fully saturated rings. The molecule has 0 amide bonds. The predicted octanol–water partition coefficient (Wildman–Crippen LogP) is -0.608. The summed E-state index contributed by atoms with van der Waals surface area (Å²) in [7, 11) is 0. The van der Waals surface area contributed by atoms with Gasteiger partial charge >= 0.3 is 5.97 Å². The molecule has 0 aromatic carbocycles. The fraction of sp³-hybridized carbons (Fsp3) is 0.667. The molecule has 2 N–H and O–H groups in total. The Morgan fingerprint density at radius 3 is 2.60 bits per heavy atom. The van der Waals surface area contributed by atoms with Crippen molar-refractivity contribution in [3.8, 4) is 0 Å². The molecular formula is C6H9NO3. The molecule has 0 saturated heterocycles. The molecule has 0 unspecified atom stereocenters. The van der Waals surface area contributed by atoms with E-state index in [0.29, 0.717) is 19.1 Å². The Bertz CT molecular complexity index is 162. The van der Waals surface area contributed by atoms with Crippen molar-refractivity contribution < 1.29 is 14.7 Å². The number of hydrogen-bond acceptors (Lipinski definition) is 3. The van der Waals surface area contributed by atoms with Gasteiger partial charge in [0.1, 0.15) is 11.8 Å². The first-order valence-electron chi connectivity index (χ1n) is 3.13. The van der Waals surface area contributed by atoms with Gasteiger partial charge in [-0.3, -0.25) is 10.1 Å². The number of rotatable bonds is 4. The molecule has 0 spiro atoms. The number of carbonyl (C=O) groups is 2. The first kappa shape index (κ1) is 7.21. The van der Waals surface area contributed by atoms with Crippen molar-refractivity contribution in [2.45, 2.75) is 18.4 Å². The van der Waals surface area contributed by atoms with Gasteiger partial charge in [0.25, 0.3) is 0 Å². The third kappa shape index (κ3) is 1.16. The van der Waals surface area contributed by atoms with Crippen LogP contribution in [-0.2, 0) is 9.59 Å². The van der Waals surface area contributed by atoms with Crippen LogP contribution in [0.5, 0.6) is 0 Å². The van der Waals surface area contributed by atoms with Crippen molar-refractivity contribution in [3.63, 3.8) is 0 Å². The van der Waals surface area contributed by atoms with Crippen LogP contribution in [-0.4, -0.2) is 29.4 Å². The van der Waals surface area contributed by atoms with Crippen LogP contribution in [0.2, 0.25) is 0 Å². The van der Waals surface area contributed by atoms with Gasteiger partial charge in [0, 0.05) is 0 Å². The van der Waals surface area contributed by atoms with E-state index in [0.717, 1.165) is 0 Å². The van der Waals surface area contributed by atoms with E-state index in [-0.39, 0.29) is 6.54 Å². The van der Waals surface area contributed by atoms with Crippen molar-refractivity contribution in [1.82, 2.24) is 5.32 Å². The molecule has 0 heterocycles. The lowest BCUT2D eigenvalue weighted by atomic mass is 10.3. The maximum Gasteiger partial charge on any atom is 0.323 e. The van der Waals surface area contributed by atoms with Crippen LogP contribution in [0.15, 0.2) is 0 Å². The van der Waals surface area contributed by atoms with Crippen LogP contribution >= 0.6 is 0 Å². The highest BCUT2D eigenvalue weighted by Gasteiger charge is 2.49. The van der Waals surface area contributed by atoms with Crippen molar-refractivity contribution in [3.05, 3.63) is 0 Å². The van der Waals surface area contributed by atoms with E-state index in [2.05, 4.69) is 5.32 Å². The van der Waals surface area contributed by atoms with Gasteiger partial charge in [-0.25, -0.2) is 0 Å². The molecule has 0 aliphatic heterocycles. The Morgan fingerprint density at radius 1 is 1.70 bits per heavy atom. The third-order valence-electron chi connectivity index (χ3n) is 1.68. The molecule has 1 aliphatic carbocycles. The second-order valence-corrected chi connectivity index (χ2v) is 2.43. The van der Waals surface area contributed by atoms with E-state index >= 15 is 0 Å². The van der Waals surface area contributed by atoms with Gasteiger partial charge in [-0.05, 0) is 12.8 Å². The van der Waals surface area contributed by atoms with Gasteiger partial charge in [-0.1, -0.05) is 0 Å². The molecule has 4 nitrogen and oxygen atoms in total. The Balaban J connectivity index is 2.37. The first-order valence-corrected chi connectivity index (χ1v) is 3.13. The molecule has 0 aromatic rings. The summed E-state index contributed by atoms with van der Waals surface area (Å²) in [5, 5.41) is 11.2. The summed E-state index contributed by atoms with van der Waals surface area (Å²) in [4.78, 5) is 20.3. The number of hydrogen-bond donors (Lipinski definition) is 2. The van der Waals surface area contributed by atoms with E-state index in [1.54, 1.807) is 0 Å². The highest BCUT2D eigenvalue weighted by atomic mass is 16.4. The van der Waals surface area contributed by atoms with Gasteiger partial charge in [0.15, 0.2) is 0 Å². The number of carboxylic acids is 1. The summed E-state index contributed by atoms with van der Waals surface area (Å²) in [6.45, 7) is 0.131. The molecule has 1 rings (SSSR count). The monoisotopic (exact) mass is 143 g/mol. The number of nitrogens with one attached hydrogen (secondary N) is 1. The average molecular weight is 143 g/mol. The zero-order valence-electron chi connectivity index (χ0n) is 5.46. The predicted molar refractivity (Wildman–Crippen MR) is 33.7 cm³/mol. The lowest BCUT2D eigenvalue weighted by molar-refractivity contribution is -0.140. The van der Waals surface area contributed by atoms with E-state index in [1.807, 2.05) is 0 Å². The highest BCUT2D eigenvalue weighted by molar-refractivity contribution is 5.82. The van der Waals surface area contributed by atoms with E-state index in [9.17, 15) is 9.59 Å². The summed E-state index contributed by atoms with van der Waals surface area (Å²) in [5.74, 6) is -0.852. The molecule has 56 valence electrons. The maximum absolute atomic E-state index is 10.4. The van der Waals surface area contributed by atoms with Gasteiger partial charge < -0.3 is 9.90 Å². The summed E-state index contributed by atoms with van der Waals surface area (Å²) >= 11 is 0. The normalized spacial score (nSPS) is 20.0. The van der Waals surface area contributed by atoms with Crippen molar-refractivity contribution in [2.75, 3.05) is 6.54 Å². The Hall–Kier alpha value is -0.900. The molecule has 1 saturated carbocycles. The minimum absolute atomic E-state index is 0.131. The number of aliphatic carboxylic acids is 1. The van der Waals surface area contributed by atoms with Gasteiger partial charge in [0.05, 0.1) is 6.54 Å². The summed E-state index contributed by atoms with van der Waals surface area (Å²) in [6, 6.07) is 0. The number of carbonyl (C=O) groups excluding carboxylic acids is 1. The first-order chi connectivity index (χ1) is 4.71. The van der Waals surface area contributed by atoms with Crippen molar-refractivity contribution in [1.29, 1.82) is 0 Å². The second kappa shape index (κ2) is 2.38. The molecule has 4 heteroatoms. The topological polar surface area (TPSA) is 66.4 Å². The largest absolute Gasteiger partial charge is 0.480 e. The van der Waals surface area contributed by atoms with Crippen LogP contribution in [0, 0.1) is 0 Å².